The van der Waals surface area contributed by atoms with Crippen LogP contribution in [0.3, 0.4) is 0 Å². The minimum absolute atomic E-state index is 0.0309. The Hall–Kier alpha value is -6.10. The Kier molecular flexibility index (Phi) is 11.0. The first-order chi connectivity index (χ1) is 28.9. The lowest BCUT2D eigenvalue weighted by Gasteiger charge is -2.27. The molecule has 11 nitrogen and oxygen atoms in total. The van der Waals surface area contributed by atoms with Crippen molar-refractivity contribution in [2.45, 2.75) is 117 Å². The number of aromatic amines is 2. The second kappa shape index (κ2) is 16.1. The quantitative estimate of drug-likeness (QED) is 0.165. The fraction of sp³-hybridized carbons (Fsp3) is 0.400. The van der Waals surface area contributed by atoms with Crippen LogP contribution in [0.25, 0.3) is 50.7 Å². The average molecular weight is 822 g/mol. The predicted molar refractivity (Wildman–Crippen MR) is 240 cm³/mol. The van der Waals surface area contributed by atoms with Crippen LogP contribution in [-0.2, 0) is 14.9 Å². The molecule has 11 heteroatoms. The van der Waals surface area contributed by atoms with Gasteiger partial charge >= 0.3 is 12.2 Å². The lowest BCUT2D eigenvalue weighted by molar-refractivity contribution is 0.0208. The molecule has 61 heavy (non-hydrogen) atoms. The smallest absolute Gasteiger partial charge is 0.410 e. The third-order valence-electron chi connectivity index (χ3n) is 11.4. The highest BCUT2D eigenvalue weighted by atomic mass is 16.6. The van der Waals surface area contributed by atoms with Crippen LogP contribution >= 0.6 is 0 Å². The van der Waals surface area contributed by atoms with E-state index in [2.05, 4.69) is 120 Å². The molecule has 2 N–H and O–H groups in total. The molecule has 2 aliphatic rings. The molecule has 0 aliphatic carbocycles. The number of aromatic nitrogens is 5. The number of rotatable bonds is 7. The maximum Gasteiger partial charge on any atom is 0.410 e. The molecular formula is C50H59N7O4. The summed E-state index contributed by atoms with van der Waals surface area (Å²) >= 11 is 0. The van der Waals surface area contributed by atoms with Crippen molar-refractivity contribution in [1.29, 1.82) is 0 Å². The topological polar surface area (TPSA) is 121 Å². The molecule has 5 heterocycles. The SMILES string of the molecule is CC(C)(C)OC(=O)N1CCC[C@H]1c1ncc(-c2ccc(-c3ccc(-c4ccc(-c5cnc([C@@H]6CCCN6C(=O)OC(C)(C)C)[nH]5)cc4)n3-c3ccc(C(C)(C)C)cc3)cc2)[nH]1. The third-order valence-corrected chi connectivity index (χ3v) is 11.4. The Morgan fingerprint density at radius 2 is 0.951 bits per heavy atom. The van der Waals surface area contributed by atoms with E-state index in [1.54, 1.807) is 9.80 Å². The fourth-order valence-electron chi connectivity index (χ4n) is 8.40. The summed E-state index contributed by atoms with van der Waals surface area (Å²) in [6.45, 7) is 19.4. The molecule has 0 bridgehead atoms. The van der Waals surface area contributed by atoms with E-state index in [4.69, 9.17) is 19.4 Å². The molecule has 0 radical (unpaired) electrons. The zero-order chi connectivity index (χ0) is 43.3. The van der Waals surface area contributed by atoms with Gasteiger partial charge in [-0.15, -0.1) is 0 Å². The van der Waals surface area contributed by atoms with Crippen molar-refractivity contribution in [3.8, 4) is 50.7 Å². The second-order valence-corrected chi connectivity index (χ2v) is 19.4. The van der Waals surface area contributed by atoms with E-state index in [1.807, 2.05) is 53.9 Å². The van der Waals surface area contributed by atoms with Crippen molar-refractivity contribution < 1.29 is 19.1 Å². The third kappa shape index (κ3) is 9.02. The number of imidazole rings is 2. The van der Waals surface area contributed by atoms with Crippen LogP contribution in [0.2, 0.25) is 0 Å². The van der Waals surface area contributed by atoms with Crippen LogP contribution in [0.15, 0.2) is 97.3 Å². The van der Waals surface area contributed by atoms with Crippen molar-refractivity contribution >= 4 is 12.2 Å². The van der Waals surface area contributed by atoms with Crippen LogP contribution in [0.4, 0.5) is 9.59 Å². The molecular weight excluding hydrogens is 763 g/mol. The Bertz CT molecular complexity index is 2350. The summed E-state index contributed by atoms with van der Waals surface area (Å²) in [6.07, 6.45) is 6.59. The zero-order valence-electron chi connectivity index (χ0n) is 37.0. The number of nitrogens with zero attached hydrogens (tertiary/aromatic N) is 5. The number of likely N-dealkylation sites (tertiary alicyclic amines) is 2. The van der Waals surface area contributed by atoms with E-state index in [1.165, 1.54) is 5.56 Å². The maximum absolute atomic E-state index is 13.0. The summed E-state index contributed by atoms with van der Waals surface area (Å²) in [6, 6.07) is 30.1. The molecule has 8 rings (SSSR count). The van der Waals surface area contributed by atoms with Crippen molar-refractivity contribution in [2.75, 3.05) is 13.1 Å². The van der Waals surface area contributed by atoms with Gasteiger partial charge in [-0.2, -0.15) is 0 Å². The summed E-state index contributed by atoms with van der Waals surface area (Å²) < 4.78 is 13.7. The highest BCUT2D eigenvalue weighted by Gasteiger charge is 2.36. The minimum atomic E-state index is -0.557. The molecule has 3 aromatic carbocycles. The number of hydrogen-bond donors (Lipinski definition) is 2. The average Bonchev–Trinajstić information content (AvgIpc) is 4.05. The first kappa shape index (κ1) is 41.6. The molecule has 0 unspecified atom stereocenters. The van der Waals surface area contributed by atoms with Gasteiger partial charge in [0, 0.05) is 18.8 Å². The largest absolute Gasteiger partial charge is 0.444 e. The molecule has 2 aliphatic heterocycles. The number of hydrogen-bond acceptors (Lipinski definition) is 6. The highest BCUT2D eigenvalue weighted by Crippen LogP contribution is 2.38. The summed E-state index contributed by atoms with van der Waals surface area (Å²) in [7, 11) is 0. The molecule has 318 valence electrons. The minimum Gasteiger partial charge on any atom is -0.444 e. The molecule has 2 amide bonds. The first-order valence-corrected chi connectivity index (χ1v) is 21.6. The van der Waals surface area contributed by atoms with Gasteiger partial charge in [-0.3, -0.25) is 9.80 Å². The van der Waals surface area contributed by atoms with Crippen molar-refractivity contribution in [1.82, 2.24) is 34.3 Å². The summed E-state index contributed by atoms with van der Waals surface area (Å²) in [5, 5.41) is 0. The first-order valence-electron chi connectivity index (χ1n) is 21.6. The number of nitrogens with one attached hydrogen (secondary N) is 2. The molecule has 6 aromatic rings. The number of H-pyrrole nitrogens is 2. The molecule has 0 saturated carbocycles. The zero-order valence-corrected chi connectivity index (χ0v) is 37.0. The van der Waals surface area contributed by atoms with Gasteiger partial charge in [-0.05, 0) is 125 Å². The van der Waals surface area contributed by atoms with Crippen LogP contribution in [0, 0.1) is 0 Å². The lowest BCUT2D eigenvalue weighted by atomic mass is 9.87. The van der Waals surface area contributed by atoms with Crippen LogP contribution in [0.5, 0.6) is 0 Å². The highest BCUT2D eigenvalue weighted by molar-refractivity contribution is 5.76. The van der Waals surface area contributed by atoms with E-state index in [-0.39, 0.29) is 29.7 Å². The summed E-state index contributed by atoms with van der Waals surface area (Å²) in [4.78, 5) is 46.0. The fourth-order valence-corrected chi connectivity index (χ4v) is 8.40. The van der Waals surface area contributed by atoms with Crippen molar-refractivity contribution in [3.05, 3.63) is 115 Å². The summed E-state index contributed by atoms with van der Waals surface area (Å²) in [5.74, 6) is 1.55. The van der Waals surface area contributed by atoms with E-state index < -0.39 is 11.2 Å². The van der Waals surface area contributed by atoms with Crippen LogP contribution in [0.1, 0.15) is 117 Å². The lowest BCUT2D eigenvalue weighted by Crippen LogP contribution is -2.36. The number of benzene rings is 3. The molecule has 2 fully saturated rings. The van der Waals surface area contributed by atoms with Crippen molar-refractivity contribution in [2.24, 2.45) is 0 Å². The standard InChI is InChI=1S/C50H59N7O4/c1-48(2,3)36-22-24-37(25-23-36)57-40(34-18-14-32(15-19-34)38-30-51-44(53-38)42-12-10-28-55(42)46(58)60-49(4,5)6)26-27-41(57)35-20-16-33(17-21-35)39-31-52-45(54-39)43-13-11-29-56(43)47(59)61-50(7,8)9/h14-27,30-31,42-43H,10-13,28-29H2,1-9H3,(H,51,53)(H,52,54)/t42-,43-/m0/s1. The van der Waals surface area contributed by atoms with Gasteiger partial charge in [-0.1, -0.05) is 81.4 Å². The molecule has 0 spiro atoms. The number of amides is 2. The summed E-state index contributed by atoms with van der Waals surface area (Å²) in [5.41, 5.74) is 9.40. The van der Waals surface area contributed by atoms with Gasteiger partial charge in [-0.25, -0.2) is 19.6 Å². The van der Waals surface area contributed by atoms with E-state index in [0.717, 1.165) is 88.0 Å². The number of carbonyl (C=O) groups is 2. The van der Waals surface area contributed by atoms with Gasteiger partial charge in [0.2, 0.25) is 0 Å². The van der Waals surface area contributed by atoms with Gasteiger partial charge in [0.05, 0.1) is 47.3 Å². The number of ether oxygens (including phenoxy) is 2. The monoisotopic (exact) mass is 821 g/mol. The molecule has 2 saturated heterocycles. The predicted octanol–water partition coefficient (Wildman–Crippen LogP) is 12.0. The second-order valence-electron chi connectivity index (χ2n) is 19.4. The Balaban J connectivity index is 1.06. The van der Waals surface area contributed by atoms with Gasteiger partial charge in [0.15, 0.2) is 0 Å². The molecule has 2 atom stereocenters. The molecule has 3 aromatic heterocycles. The van der Waals surface area contributed by atoms with Gasteiger partial charge in [0.25, 0.3) is 0 Å². The maximum atomic E-state index is 13.0. The van der Waals surface area contributed by atoms with Gasteiger partial charge in [0.1, 0.15) is 22.9 Å². The van der Waals surface area contributed by atoms with E-state index in [9.17, 15) is 9.59 Å². The Morgan fingerprint density at radius 1 is 0.557 bits per heavy atom. The Morgan fingerprint density at radius 3 is 1.33 bits per heavy atom. The van der Waals surface area contributed by atoms with Crippen LogP contribution < -0.4 is 0 Å². The van der Waals surface area contributed by atoms with Gasteiger partial charge < -0.3 is 24.0 Å². The van der Waals surface area contributed by atoms with Crippen molar-refractivity contribution in [3.63, 3.8) is 0 Å². The van der Waals surface area contributed by atoms with Crippen LogP contribution in [-0.4, -0.2) is 70.8 Å². The van der Waals surface area contributed by atoms with E-state index >= 15 is 0 Å². The normalized spacial score (nSPS) is 17.3. The van der Waals surface area contributed by atoms with E-state index in [0.29, 0.717) is 13.1 Å². The number of carbonyl (C=O) groups excluding carboxylic acids is 2. The Labute approximate surface area is 359 Å².